The Bertz CT molecular complexity index is 904. The minimum atomic E-state index is -0.486. The first-order valence-electron chi connectivity index (χ1n) is 6.63. The van der Waals surface area contributed by atoms with Crippen LogP contribution in [-0.2, 0) is 0 Å². The molecule has 1 N–H and O–H groups in total. The van der Waals surface area contributed by atoms with Crippen molar-refractivity contribution in [2.75, 3.05) is 5.32 Å². The summed E-state index contributed by atoms with van der Waals surface area (Å²) < 4.78 is 5.21. The van der Waals surface area contributed by atoms with Gasteiger partial charge in [-0.3, -0.25) is 4.79 Å². The zero-order chi connectivity index (χ0) is 17.3. The number of carbonyl (C=O) groups excluding carboxylic acids is 1. The maximum absolute atomic E-state index is 12.3. The Labute approximate surface area is 157 Å². The third kappa shape index (κ3) is 3.52. The summed E-state index contributed by atoms with van der Waals surface area (Å²) in [6.45, 7) is 0. The number of hydrogen-bond acceptors (Lipinski definition) is 3. The van der Waals surface area contributed by atoms with Crippen LogP contribution in [0.5, 0.6) is 0 Å². The summed E-state index contributed by atoms with van der Waals surface area (Å²) in [5.74, 6) is 0.158. The lowest BCUT2D eigenvalue weighted by Crippen LogP contribution is -2.13. The third-order valence-electron chi connectivity index (χ3n) is 3.15. The minimum Gasteiger partial charge on any atom is -0.354 e. The number of rotatable bonds is 3. The fourth-order valence-corrected chi connectivity index (χ4v) is 2.88. The maximum Gasteiger partial charge on any atom is 0.259 e. The Balaban J connectivity index is 1.83. The van der Waals surface area contributed by atoms with Gasteiger partial charge in [0.05, 0.1) is 25.7 Å². The number of hydrogen-bond donors (Lipinski definition) is 1. The largest absolute Gasteiger partial charge is 0.354 e. The topological polar surface area (TPSA) is 55.1 Å². The fourth-order valence-electron chi connectivity index (χ4n) is 2.01. The highest BCUT2D eigenvalue weighted by Gasteiger charge is 2.17. The summed E-state index contributed by atoms with van der Waals surface area (Å²) in [5, 5.41) is 7.69. The van der Waals surface area contributed by atoms with Crippen molar-refractivity contribution >= 4 is 58.1 Å². The van der Waals surface area contributed by atoms with Crippen LogP contribution in [-0.4, -0.2) is 11.1 Å². The van der Waals surface area contributed by atoms with E-state index < -0.39 is 5.91 Å². The molecule has 122 valence electrons. The van der Waals surface area contributed by atoms with E-state index in [2.05, 4.69) is 10.5 Å². The van der Waals surface area contributed by atoms with Gasteiger partial charge in [-0.15, -0.1) is 0 Å². The third-order valence-corrected chi connectivity index (χ3v) is 4.51. The van der Waals surface area contributed by atoms with Crippen molar-refractivity contribution in [3.05, 3.63) is 68.1 Å². The SMILES string of the molecule is O=C(Nc1cc(-c2ccc(Cl)c(Cl)c2)on1)c1c(Cl)cccc1Cl. The lowest BCUT2D eigenvalue weighted by molar-refractivity contribution is 0.102. The summed E-state index contributed by atoms with van der Waals surface area (Å²) in [5.41, 5.74) is 0.841. The van der Waals surface area contributed by atoms with Crippen LogP contribution in [0.4, 0.5) is 5.82 Å². The van der Waals surface area contributed by atoms with Gasteiger partial charge in [0.1, 0.15) is 0 Å². The van der Waals surface area contributed by atoms with Crippen molar-refractivity contribution in [3.63, 3.8) is 0 Å². The molecule has 1 aromatic heterocycles. The van der Waals surface area contributed by atoms with Crippen LogP contribution in [0.3, 0.4) is 0 Å². The quantitative estimate of drug-likeness (QED) is 0.567. The molecule has 24 heavy (non-hydrogen) atoms. The van der Waals surface area contributed by atoms with E-state index in [0.29, 0.717) is 21.4 Å². The summed E-state index contributed by atoms with van der Waals surface area (Å²) in [4.78, 5) is 12.3. The zero-order valence-corrected chi connectivity index (χ0v) is 14.8. The van der Waals surface area contributed by atoms with E-state index in [0.717, 1.165) is 0 Å². The predicted molar refractivity (Wildman–Crippen MR) is 96.4 cm³/mol. The van der Waals surface area contributed by atoms with Crippen molar-refractivity contribution in [2.24, 2.45) is 0 Å². The van der Waals surface area contributed by atoms with E-state index in [1.165, 1.54) is 0 Å². The van der Waals surface area contributed by atoms with Gasteiger partial charge >= 0.3 is 0 Å². The molecule has 3 aromatic rings. The maximum atomic E-state index is 12.3. The van der Waals surface area contributed by atoms with E-state index in [1.807, 2.05) is 0 Å². The van der Waals surface area contributed by atoms with Gasteiger partial charge in [0.2, 0.25) is 0 Å². The number of benzene rings is 2. The Morgan fingerprint density at radius 2 is 1.62 bits per heavy atom. The van der Waals surface area contributed by atoms with Crippen LogP contribution in [0, 0.1) is 0 Å². The van der Waals surface area contributed by atoms with Crippen LogP contribution in [0.15, 0.2) is 47.0 Å². The van der Waals surface area contributed by atoms with Gasteiger partial charge in [0.15, 0.2) is 11.6 Å². The lowest BCUT2D eigenvalue weighted by atomic mass is 10.2. The Hall–Kier alpha value is -1.72. The molecule has 0 aliphatic rings. The number of halogens is 4. The van der Waals surface area contributed by atoms with Crippen molar-refractivity contribution < 1.29 is 9.32 Å². The number of nitrogens with zero attached hydrogens (tertiary/aromatic N) is 1. The molecule has 0 aliphatic carbocycles. The van der Waals surface area contributed by atoms with Crippen LogP contribution >= 0.6 is 46.4 Å². The molecule has 2 aromatic carbocycles. The van der Waals surface area contributed by atoms with Gasteiger partial charge in [0.25, 0.3) is 5.91 Å². The van der Waals surface area contributed by atoms with Gasteiger partial charge in [-0.2, -0.15) is 0 Å². The average molecular weight is 402 g/mol. The van der Waals surface area contributed by atoms with E-state index in [1.54, 1.807) is 42.5 Å². The Kier molecular flexibility index (Phi) is 5.01. The lowest BCUT2D eigenvalue weighted by Gasteiger charge is -2.05. The fraction of sp³-hybridized carbons (Fsp3) is 0. The molecular weight excluding hydrogens is 394 g/mol. The molecule has 0 saturated carbocycles. The van der Waals surface area contributed by atoms with E-state index in [9.17, 15) is 4.79 Å². The predicted octanol–water partition coefficient (Wildman–Crippen LogP) is 6.21. The smallest absolute Gasteiger partial charge is 0.259 e. The molecule has 1 heterocycles. The second-order valence-electron chi connectivity index (χ2n) is 4.76. The molecule has 4 nitrogen and oxygen atoms in total. The minimum absolute atomic E-state index is 0.167. The average Bonchev–Trinajstić information content (AvgIpc) is 2.98. The van der Waals surface area contributed by atoms with Crippen molar-refractivity contribution in [3.8, 4) is 11.3 Å². The first-order valence-corrected chi connectivity index (χ1v) is 8.14. The molecule has 0 aliphatic heterocycles. The van der Waals surface area contributed by atoms with Gasteiger partial charge in [-0.1, -0.05) is 57.6 Å². The monoisotopic (exact) mass is 400 g/mol. The molecular formula is C16H8Cl4N2O2. The summed E-state index contributed by atoms with van der Waals surface area (Å²) in [6, 6.07) is 11.4. The highest BCUT2D eigenvalue weighted by molar-refractivity contribution is 6.42. The van der Waals surface area contributed by atoms with Gasteiger partial charge in [-0.25, -0.2) is 0 Å². The van der Waals surface area contributed by atoms with Crippen LogP contribution < -0.4 is 5.32 Å². The first-order chi connectivity index (χ1) is 11.5. The number of nitrogens with one attached hydrogen (secondary N) is 1. The van der Waals surface area contributed by atoms with Crippen LogP contribution in [0.1, 0.15) is 10.4 Å². The molecule has 0 saturated heterocycles. The molecule has 0 bridgehead atoms. The number of anilines is 1. The van der Waals surface area contributed by atoms with Crippen LogP contribution in [0.2, 0.25) is 20.1 Å². The second kappa shape index (κ2) is 7.03. The van der Waals surface area contributed by atoms with Crippen molar-refractivity contribution in [1.82, 2.24) is 5.16 Å². The molecule has 3 rings (SSSR count). The second-order valence-corrected chi connectivity index (χ2v) is 6.38. The molecule has 0 unspecified atom stereocenters. The van der Waals surface area contributed by atoms with E-state index >= 15 is 0 Å². The Morgan fingerprint density at radius 1 is 0.917 bits per heavy atom. The van der Waals surface area contributed by atoms with Crippen molar-refractivity contribution in [2.45, 2.75) is 0 Å². The summed E-state index contributed by atoms with van der Waals surface area (Å²) >= 11 is 23.9. The van der Waals surface area contributed by atoms with Gasteiger partial charge in [-0.05, 0) is 30.3 Å². The van der Waals surface area contributed by atoms with Gasteiger partial charge < -0.3 is 9.84 Å². The first kappa shape index (κ1) is 17.1. The number of amides is 1. The molecule has 0 spiro atoms. The number of carbonyl (C=O) groups is 1. The number of aromatic nitrogens is 1. The normalized spacial score (nSPS) is 10.7. The highest BCUT2D eigenvalue weighted by Crippen LogP contribution is 2.30. The summed E-state index contributed by atoms with van der Waals surface area (Å²) in [6.07, 6.45) is 0. The van der Waals surface area contributed by atoms with E-state index in [-0.39, 0.29) is 21.4 Å². The highest BCUT2D eigenvalue weighted by atomic mass is 35.5. The van der Waals surface area contributed by atoms with Gasteiger partial charge in [0, 0.05) is 11.6 Å². The van der Waals surface area contributed by atoms with Crippen LogP contribution in [0.25, 0.3) is 11.3 Å². The van der Waals surface area contributed by atoms with E-state index in [4.69, 9.17) is 50.9 Å². The molecule has 1 amide bonds. The molecule has 0 fully saturated rings. The molecule has 0 atom stereocenters. The Morgan fingerprint density at radius 3 is 2.29 bits per heavy atom. The van der Waals surface area contributed by atoms with Crippen molar-refractivity contribution in [1.29, 1.82) is 0 Å². The zero-order valence-electron chi connectivity index (χ0n) is 11.8. The molecule has 8 heteroatoms. The molecule has 0 radical (unpaired) electrons. The standard InChI is InChI=1S/C16H8Cl4N2O2/c17-9-5-4-8(6-12(9)20)13-7-14(22-24-13)21-16(23)15-10(18)2-1-3-11(15)19/h1-7H,(H,21,22,23). The summed E-state index contributed by atoms with van der Waals surface area (Å²) in [7, 11) is 0.